The van der Waals surface area contributed by atoms with Crippen LogP contribution in [0.1, 0.15) is 0 Å². The Morgan fingerprint density at radius 3 is 1.91 bits per heavy atom. The van der Waals surface area contributed by atoms with Gasteiger partial charge in [0.05, 0.1) is 26.6 Å². The van der Waals surface area contributed by atoms with Crippen LogP contribution in [-0.2, 0) is 6.67 Å². The van der Waals surface area contributed by atoms with E-state index in [1.165, 1.54) is 5.69 Å². The molecule has 180 valence electrons. The van der Waals surface area contributed by atoms with Crippen molar-refractivity contribution in [2.45, 2.75) is 6.67 Å². The Hall–Kier alpha value is -3.69. The highest BCUT2D eigenvalue weighted by Crippen LogP contribution is 2.25. The molecule has 9 heteroatoms. The molecule has 2 aromatic carbocycles. The van der Waals surface area contributed by atoms with Crippen LogP contribution in [0.15, 0.2) is 73.1 Å². The Labute approximate surface area is 210 Å². The summed E-state index contributed by atoms with van der Waals surface area (Å²) >= 11 is 5.92. The molecule has 1 saturated heterocycles. The van der Waals surface area contributed by atoms with Crippen molar-refractivity contribution in [3.05, 3.63) is 77.8 Å². The van der Waals surface area contributed by atoms with Gasteiger partial charge in [0.25, 0.3) is 0 Å². The van der Waals surface area contributed by atoms with E-state index in [1.807, 2.05) is 57.8 Å². The maximum atomic E-state index is 5.92. The highest BCUT2D eigenvalue weighted by Gasteiger charge is 2.20. The lowest BCUT2D eigenvalue weighted by Gasteiger charge is -2.35. The Morgan fingerprint density at radius 2 is 1.34 bits per heavy atom. The van der Waals surface area contributed by atoms with Crippen LogP contribution in [0.25, 0.3) is 17.1 Å². The molecule has 4 aromatic rings. The van der Waals surface area contributed by atoms with Crippen molar-refractivity contribution < 1.29 is 9.47 Å². The fourth-order valence-corrected chi connectivity index (χ4v) is 4.57. The number of hydrogen-bond acceptors (Lipinski definition) is 7. The quantitative estimate of drug-likeness (QED) is 0.360. The molecule has 0 amide bonds. The summed E-state index contributed by atoms with van der Waals surface area (Å²) in [7, 11) is 3.35. The van der Waals surface area contributed by atoms with Crippen LogP contribution in [0.4, 0.5) is 5.69 Å². The zero-order valence-electron chi connectivity index (χ0n) is 19.9. The van der Waals surface area contributed by atoms with Crippen LogP contribution in [0, 0.1) is 4.77 Å². The van der Waals surface area contributed by atoms with Gasteiger partial charge in [0, 0.05) is 49.8 Å². The number of piperazine rings is 1. The monoisotopic (exact) mass is 488 g/mol. The van der Waals surface area contributed by atoms with Gasteiger partial charge in [0.1, 0.15) is 11.5 Å². The van der Waals surface area contributed by atoms with Crippen molar-refractivity contribution in [1.82, 2.24) is 24.2 Å². The summed E-state index contributed by atoms with van der Waals surface area (Å²) in [6.45, 7) is 4.37. The SMILES string of the molecule is COc1ccc(N2CCN(Cn3nc(-c4ccncc4)n(-c4ccc(OC)cc4)c3=S)CC2)cc1. The van der Waals surface area contributed by atoms with Gasteiger partial charge in [-0.3, -0.25) is 14.5 Å². The lowest BCUT2D eigenvalue weighted by Crippen LogP contribution is -2.47. The van der Waals surface area contributed by atoms with Crippen LogP contribution in [0.5, 0.6) is 11.5 Å². The van der Waals surface area contributed by atoms with E-state index in [1.54, 1.807) is 26.6 Å². The lowest BCUT2D eigenvalue weighted by molar-refractivity contribution is 0.194. The maximum absolute atomic E-state index is 5.92. The average Bonchev–Trinajstić information content (AvgIpc) is 3.25. The Balaban J connectivity index is 1.37. The second-order valence-corrected chi connectivity index (χ2v) is 8.68. The van der Waals surface area contributed by atoms with E-state index in [2.05, 4.69) is 26.9 Å². The predicted molar refractivity (Wildman–Crippen MR) is 139 cm³/mol. The molecule has 3 heterocycles. The van der Waals surface area contributed by atoms with Crippen LogP contribution in [0.3, 0.4) is 0 Å². The first kappa shape index (κ1) is 23.1. The molecule has 1 fully saturated rings. The van der Waals surface area contributed by atoms with Crippen molar-refractivity contribution in [3.63, 3.8) is 0 Å². The standard InChI is InChI=1S/C26H28N6O2S/c1-33-23-7-3-21(4-8-23)30-17-15-29(16-18-30)19-31-26(35)32(22-5-9-24(34-2)10-6-22)25(28-31)20-11-13-27-14-12-20/h3-14H,15-19H2,1-2H3. The molecular weight excluding hydrogens is 460 g/mol. The largest absolute Gasteiger partial charge is 0.497 e. The second kappa shape index (κ2) is 10.3. The Morgan fingerprint density at radius 1 is 0.771 bits per heavy atom. The normalized spacial score (nSPS) is 14.2. The summed E-state index contributed by atoms with van der Waals surface area (Å²) in [6, 6.07) is 20.0. The van der Waals surface area contributed by atoms with E-state index >= 15 is 0 Å². The smallest absolute Gasteiger partial charge is 0.204 e. The third-order valence-electron chi connectivity index (χ3n) is 6.25. The molecule has 0 bridgehead atoms. The number of benzene rings is 2. The third kappa shape index (κ3) is 4.91. The molecule has 1 aliphatic rings. The number of hydrogen-bond donors (Lipinski definition) is 0. The first-order valence-corrected chi connectivity index (χ1v) is 11.9. The summed E-state index contributed by atoms with van der Waals surface area (Å²) < 4.78 is 15.2. The minimum atomic E-state index is 0.635. The third-order valence-corrected chi connectivity index (χ3v) is 6.65. The van der Waals surface area contributed by atoms with Gasteiger partial charge in [-0.1, -0.05) is 0 Å². The van der Waals surface area contributed by atoms with Gasteiger partial charge in [-0.2, -0.15) is 0 Å². The number of pyridine rings is 1. The van der Waals surface area contributed by atoms with E-state index in [0.717, 1.165) is 54.8 Å². The molecular formula is C26H28N6O2S. The fourth-order valence-electron chi connectivity index (χ4n) is 4.28. The van der Waals surface area contributed by atoms with E-state index in [9.17, 15) is 0 Å². The molecule has 2 aromatic heterocycles. The van der Waals surface area contributed by atoms with Gasteiger partial charge in [-0.05, 0) is 72.9 Å². The minimum Gasteiger partial charge on any atom is -0.497 e. The van der Waals surface area contributed by atoms with Crippen LogP contribution < -0.4 is 14.4 Å². The summed E-state index contributed by atoms with van der Waals surface area (Å²) in [5.74, 6) is 2.46. The van der Waals surface area contributed by atoms with Crippen molar-refractivity contribution in [3.8, 4) is 28.6 Å². The number of aromatic nitrogens is 4. The van der Waals surface area contributed by atoms with Crippen molar-refractivity contribution in [1.29, 1.82) is 0 Å². The molecule has 0 N–H and O–H groups in total. The topological polar surface area (TPSA) is 60.6 Å². The molecule has 0 radical (unpaired) electrons. The van der Waals surface area contributed by atoms with Crippen molar-refractivity contribution in [2.75, 3.05) is 45.3 Å². The van der Waals surface area contributed by atoms with Crippen LogP contribution in [0.2, 0.25) is 0 Å². The summed E-state index contributed by atoms with van der Waals surface area (Å²) in [6.07, 6.45) is 3.54. The zero-order valence-corrected chi connectivity index (χ0v) is 20.7. The average molecular weight is 489 g/mol. The molecule has 0 saturated carbocycles. The van der Waals surface area contributed by atoms with Gasteiger partial charge in [-0.25, -0.2) is 4.68 Å². The zero-order chi connectivity index (χ0) is 24.2. The van der Waals surface area contributed by atoms with Gasteiger partial charge >= 0.3 is 0 Å². The fraction of sp³-hybridized carbons (Fsp3) is 0.269. The summed E-state index contributed by atoms with van der Waals surface area (Å²) in [5, 5.41) is 4.94. The minimum absolute atomic E-state index is 0.635. The molecule has 1 aliphatic heterocycles. The maximum Gasteiger partial charge on any atom is 0.204 e. The molecule has 8 nitrogen and oxygen atoms in total. The van der Waals surface area contributed by atoms with Gasteiger partial charge in [-0.15, -0.1) is 5.10 Å². The molecule has 35 heavy (non-hydrogen) atoms. The van der Waals surface area contributed by atoms with E-state index in [0.29, 0.717) is 11.4 Å². The van der Waals surface area contributed by atoms with Gasteiger partial charge in [0.15, 0.2) is 5.82 Å². The lowest BCUT2D eigenvalue weighted by atomic mass is 10.2. The summed E-state index contributed by atoms with van der Waals surface area (Å²) in [5.41, 5.74) is 3.12. The van der Waals surface area contributed by atoms with Crippen molar-refractivity contribution >= 4 is 17.9 Å². The summed E-state index contributed by atoms with van der Waals surface area (Å²) in [4.78, 5) is 8.94. The van der Waals surface area contributed by atoms with E-state index in [4.69, 9.17) is 26.8 Å². The number of ether oxygens (including phenoxy) is 2. The molecule has 0 unspecified atom stereocenters. The Kier molecular flexibility index (Phi) is 6.78. The van der Waals surface area contributed by atoms with E-state index < -0.39 is 0 Å². The number of nitrogens with zero attached hydrogens (tertiary/aromatic N) is 6. The van der Waals surface area contributed by atoms with Gasteiger partial charge < -0.3 is 14.4 Å². The van der Waals surface area contributed by atoms with Crippen LogP contribution in [-0.4, -0.2) is 64.6 Å². The predicted octanol–water partition coefficient (Wildman–Crippen LogP) is 4.26. The number of anilines is 1. The highest BCUT2D eigenvalue weighted by atomic mass is 32.1. The Bertz CT molecular complexity index is 1310. The number of rotatable bonds is 7. The van der Waals surface area contributed by atoms with Gasteiger partial charge in [0.2, 0.25) is 4.77 Å². The van der Waals surface area contributed by atoms with Crippen LogP contribution >= 0.6 is 12.2 Å². The van der Waals surface area contributed by atoms with E-state index in [-0.39, 0.29) is 0 Å². The first-order valence-electron chi connectivity index (χ1n) is 11.5. The molecule has 0 atom stereocenters. The molecule has 0 aliphatic carbocycles. The second-order valence-electron chi connectivity index (χ2n) is 8.32. The van der Waals surface area contributed by atoms with Crippen molar-refractivity contribution in [2.24, 2.45) is 0 Å². The first-order chi connectivity index (χ1) is 17.2. The molecule has 5 rings (SSSR count). The highest BCUT2D eigenvalue weighted by molar-refractivity contribution is 7.71. The number of methoxy groups -OCH3 is 2. The molecule has 0 spiro atoms.